The second-order valence-electron chi connectivity index (χ2n) is 25.2. The minimum Gasteiger partial charge on any atom is -0.756 e. The molecular weight excluding hydrogens is 1020 g/mol. The van der Waals surface area contributed by atoms with E-state index >= 15 is 0 Å². The number of phosphoric acid groups is 1. The van der Waals surface area contributed by atoms with Crippen LogP contribution in [0.1, 0.15) is 341 Å². The molecule has 0 bridgehead atoms. The molecule has 0 aliphatic rings. The monoisotopic (exact) mass is 1160 g/mol. The third-order valence-corrected chi connectivity index (χ3v) is 17.0. The van der Waals surface area contributed by atoms with E-state index in [1.165, 1.54) is 244 Å². The van der Waals surface area contributed by atoms with Gasteiger partial charge in [0.1, 0.15) is 13.2 Å². The van der Waals surface area contributed by atoms with E-state index in [9.17, 15) is 19.4 Å². The lowest BCUT2D eigenvalue weighted by Gasteiger charge is -2.30. The van der Waals surface area contributed by atoms with E-state index in [1.807, 2.05) is 21.1 Å². The van der Waals surface area contributed by atoms with Gasteiger partial charge in [-0.3, -0.25) is 9.36 Å². The van der Waals surface area contributed by atoms with Crippen molar-refractivity contribution in [1.82, 2.24) is 5.32 Å². The van der Waals surface area contributed by atoms with Gasteiger partial charge in [0.05, 0.1) is 39.9 Å². The molecule has 81 heavy (non-hydrogen) atoms. The Morgan fingerprint density at radius 2 is 0.753 bits per heavy atom. The van der Waals surface area contributed by atoms with Gasteiger partial charge in [-0.2, -0.15) is 0 Å². The van der Waals surface area contributed by atoms with Gasteiger partial charge in [-0.05, 0) is 57.8 Å². The Balaban J connectivity index is 4.03. The minimum atomic E-state index is -4.58. The second kappa shape index (κ2) is 62.7. The van der Waals surface area contributed by atoms with E-state index in [-0.39, 0.29) is 19.1 Å². The lowest BCUT2D eigenvalue weighted by molar-refractivity contribution is -0.870. The van der Waals surface area contributed by atoms with E-state index in [0.717, 1.165) is 70.6 Å². The number of nitrogens with zero attached hydrogens (tertiary/aromatic N) is 1. The number of allylic oxidation sites excluding steroid dienone is 10. The first kappa shape index (κ1) is 79.2. The fourth-order valence-electron chi connectivity index (χ4n) is 10.6. The number of phosphoric ester groups is 1. The van der Waals surface area contributed by atoms with Crippen LogP contribution in [-0.2, 0) is 18.4 Å². The van der Waals surface area contributed by atoms with Crippen LogP contribution in [0.2, 0.25) is 0 Å². The first-order valence-corrected chi connectivity index (χ1v) is 36.6. The normalized spacial score (nSPS) is 14.0. The summed E-state index contributed by atoms with van der Waals surface area (Å²) in [5.74, 6) is -0.165. The number of aliphatic hydroxyl groups excluding tert-OH is 1. The van der Waals surface area contributed by atoms with Crippen molar-refractivity contribution in [3.63, 3.8) is 0 Å². The van der Waals surface area contributed by atoms with Crippen LogP contribution in [0, 0.1) is 0 Å². The molecule has 476 valence electrons. The number of hydrogen-bond acceptors (Lipinski definition) is 6. The largest absolute Gasteiger partial charge is 0.756 e. The summed E-state index contributed by atoms with van der Waals surface area (Å²) in [5, 5.41) is 14.1. The molecule has 0 aromatic carbocycles. The molecule has 0 fully saturated rings. The molecule has 0 aromatic heterocycles. The van der Waals surface area contributed by atoms with Crippen LogP contribution >= 0.6 is 7.82 Å². The Morgan fingerprint density at radius 1 is 0.444 bits per heavy atom. The number of aliphatic hydroxyl groups is 1. The van der Waals surface area contributed by atoms with Crippen molar-refractivity contribution < 1.29 is 32.9 Å². The zero-order chi connectivity index (χ0) is 59.1. The lowest BCUT2D eigenvalue weighted by atomic mass is 10.0. The van der Waals surface area contributed by atoms with Gasteiger partial charge >= 0.3 is 0 Å². The Kier molecular flexibility index (Phi) is 61.3. The van der Waals surface area contributed by atoms with Crippen LogP contribution in [0.4, 0.5) is 0 Å². The van der Waals surface area contributed by atoms with Crippen molar-refractivity contribution in [2.75, 3.05) is 40.9 Å². The summed E-state index contributed by atoms with van der Waals surface area (Å²) >= 11 is 0. The number of nitrogens with one attached hydrogen (secondary N) is 1. The Labute approximate surface area is 504 Å². The molecule has 3 unspecified atom stereocenters. The molecule has 0 heterocycles. The zero-order valence-corrected chi connectivity index (χ0v) is 55.4. The van der Waals surface area contributed by atoms with Crippen molar-refractivity contribution >= 4 is 13.7 Å². The number of quaternary nitrogens is 1. The van der Waals surface area contributed by atoms with Crippen molar-refractivity contribution in [2.45, 2.75) is 353 Å². The standard InChI is InChI=1S/C72H137N2O6P/c1-6-8-10-12-14-16-18-20-22-24-26-28-30-32-34-35-36-37-38-40-41-43-45-47-49-51-53-55-57-59-61-63-65-71(75)70(69-80-81(77,78)79-68-67-74(3,4)5)73-72(76)66-64-62-60-58-56-54-52-50-48-46-44-42-39-33-31-29-27-25-23-21-19-17-15-13-11-9-7-2/h9,11,15,17,21,23,27,29,33,39,70-71,75H,6-8,10,12-14,16,18-20,22,24-26,28,30-32,34-38,40-69H2,1-5H3,(H-,73,76,77,78)/b11-9-,17-15-,23-21-,29-27-,39-33-. The fraction of sp³-hybridized carbons (Fsp3) is 0.847. The third kappa shape index (κ3) is 65.6. The van der Waals surface area contributed by atoms with Crippen molar-refractivity contribution in [3.8, 4) is 0 Å². The molecule has 9 heteroatoms. The Morgan fingerprint density at radius 3 is 1.10 bits per heavy atom. The molecule has 0 radical (unpaired) electrons. The van der Waals surface area contributed by atoms with E-state index in [1.54, 1.807) is 0 Å². The van der Waals surface area contributed by atoms with Crippen LogP contribution in [-0.4, -0.2) is 68.5 Å². The van der Waals surface area contributed by atoms with Gasteiger partial charge in [-0.25, -0.2) is 0 Å². The van der Waals surface area contributed by atoms with Gasteiger partial charge < -0.3 is 28.8 Å². The maximum Gasteiger partial charge on any atom is 0.268 e. The van der Waals surface area contributed by atoms with Crippen LogP contribution < -0.4 is 10.2 Å². The molecule has 0 saturated heterocycles. The average Bonchev–Trinajstić information content (AvgIpc) is 3.43. The van der Waals surface area contributed by atoms with Crippen LogP contribution in [0.3, 0.4) is 0 Å². The van der Waals surface area contributed by atoms with Crippen LogP contribution in [0.5, 0.6) is 0 Å². The molecule has 0 rings (SSSR count). The van der Waals surface area contributed by atoms with Gasteiger partial charge in [-0.1, -0.05) is 338 Å². The Hall–Kier alpha value is -1.80. The number of likely N-dealkylation sites (N-methyl/N-ethyl adjacent to an activating group) is 1. The highest BCUT2D eigenvalue weighted by Gasteiger charge is 2.24. The predicted molar refractivity (Wildman–Crippen MR) is 353 cm³/mol. The van der Waals surface area contributed by atoms with E-state index in [2.05, 4.69) is 79.9 Å². The number of amides is 1. The maximum atomic E-state index is 13.1. The third-order valence-electron chi connectivity index (χ3n) is 16.0. The van der Waals surface area contributed by atoms with Gasteiger partial charge in [0.25, 0.3) is 7.82 Å². The summed E-state index contributed by atoms with van der Waals surface area (Å²) in [5.41, 5.74) is 0. The molecule has 0 saturated carbocycles. The van der Waals surface area contributed by atoms with Crippen LogP contribution in [0.15, 0.2) is 60.8 Å². The van der Waals surface area contributed by atoms with Gasteiger partial charge in [0.15, 0.2) is 0 Å². The van der Waals surface area contributed by atoms with Gasteiger partial charge in [-0.15, -0.1) is 0 Å². The SMILES string of the molecule is CC/C=C\C/C=C\C/C=C\C/C=C\C/C=C\CCCCCCCCCCCCCC(=O)NC(COP(=O)([O-])OCC[N+](C)(C)C)C(O)CCCCCCCCCCCCCCCCCCCCCCCCCCCCCCCCCC. The number of carbonyl (C=O) groups excluding carboxylic acids is 1. The zero-order valence-electron chi connectivity index (χ0n) is 54.5. The number of hydrogen-bond donors (Lipinski definition) is 2. The topological polar surface area (TPSA) is 108 Å². The van der Waals surface area contributed by atoms with Crippen molar-refractivity contribution in [1.29, 1.82) is 0 Å². The summed E-state index contributed by atoms with van der Waals surface area (Å²) in [6.45, 7) is 4.65. The number of unbranched alkanes of at least 4 members (excludes halogenated alkanes) is 42. The van der Waals surface area contributed by atoms with Gasteiger partial charge in [0.2, 0.25) is 5.91 Å². The summed E-state index contributed by atoms with van der Waals surface area (Å²) in [4.78, 5) is 25.7. The first-order chi connectivity index (χ1) is 39.5. The Bertz CT molecular complexity index is 1500. The smallest absolute Gasteiger partial charge is 0.268 e. The second-order valence-corrected chi connectivity index (χ2v) is 26.6. The number of rotatable bonds is 65. The van der Waals surface area contributed by atoms with Crippen LogP contribution in [0.25, 0.3) is 0 Å². The molecule has 0 aliphatic heterocycles. The first-order valence-electron chi connectivity index (χ1n) is 35.1. The molecule has 0 spiro atoms. The van der Waals surface area contributed by atoms with Crippen molar-refractivity contribution in [3.05, 3.63) is 60.8 Å². The lowest BCUT2D eigenvalue weighted by Crippen LogP contribution is -2.46. The van der Waals surface area contributed by atoms with Crippen molar-refractivity contribution in [2.24, 2.45) is 0 Å². The summed E-state index contributed by atoms with van der Waals surface area (Å²) < 4.78 is 23.5. The number of carbonyl (C=O) groups is 1. The average molecular weight is 1160 g/mol. The summed E-state index contributed by atoms with van der Waals surface area (Å²) in [6.07, 6.45) is 85.8. The summed E-state index contributed by atoms with van der Waals surface area (Å²) in [7, 11) is 1.31. The fourth-order valence-corrected chi connectivity index (χ4v) is 11.3. The molecule has 0 aliphatic carbocycles. The molecule has 1 amide bonds. The van der Waals surface area contributed by atoms with E-state index in [0.29, 0.717) is 23.9 Å². The highest BCUT2D eigenvalue weighted by atomic mass is 31.2. The molecule has 3 atom stereocenters. The molecular formula is C72H137N2O6P. The minimum absolute atomic E-state index is 0.0105. The molecule has 8 nitrogen and oxygen atoms in total. The summed E-state index contributed by atoms with van der Waals surface area (Å²) in [6, 6.07) is -0.807. The van der Waals surface area contributed by atoms with E-state index in [4.69, 9.17) is 9.05 Å². The quantitative estimate of drug-likeness (QED) is 0.0272. The molecule has 0 aromatic rings. The predicted octanol–water partition coefficient (Wildman–Crippen LogP) is 21.8. The highest BCUT2D eigenvalue weighted by Crippen LogP contribution is 2.38. The molecule has 2 N–H and O–H groups in total. The maximum absolute atomic E-state index is 13.1. The highest BCUT2D eigenvalue weighted by molar-refractivity contribution is 7.45. The van der Waals surface area contributed by atoms with E-state index < -0.39 is 20.0 Å². The van der Waals surface area contributed by atoms with Gasteiger partial charge in [0, 0.05) is 6.42 Å².